The lowest BCUT2D eigenvalue weighted by Gasteiger charge is -2.22. The highest BCUT2D eigenvalue weighted by molar-refractivity contribution is 5.25. The first-order chi connectivity index (χ1) is 13.7. The molecule has 0 radical (unpaired) electrons. The maximum absolute atomic E-state index is 5.32. The lowest BCUT2D eigenvalue weighted by atomic mass is 10.2. The van der Waals surface area contributed by atoms with E-state index in [1.807, 2.05) is 36.4 Å². The van der Waals surface area contributed by atoms with Crippen LogP contribution >= 0.6 is 0 Å². The minimum Gasteiger partial charge on any atom is -0.497 e. The van der Waals surface area contributed by atoms with Gasteiger partial charge in [-0.25, -0.2) is 0 Å². The van der Waals surface area contributed by atoms with Crippen molar-refractivity contribution in [3.63, 3.8) is 0 Å². The van der Waals surface area contributed by atoms with Crippen molar-refractivity contribution in [3.8, 4) is 17.2 Å². The summed E-state index contributed by atoms with van der Waals surface area (Å²) in [5.41, 5.74) is 2.72. The SMILES string of the molecule is COc1ccnc(CN(Cc2cc(OC)ccn2)Cc2cc(OC)ccn2)c1. The van der Waals surface area contributed by atoms with Crippen molar-refractivity contribution >= 4 is 0 Å². The first-order valence-corrected chi connectivity index (χ1v) is 8.89. The van der Waals surface area contributed by atoms with Gasteiger partial charge in [-0.05, 0) is 18.2 Å². The molecule has 0 aliphatic rings. The number of aromatic nitrogens is 3. The predicted molar refractivity (Wildman–Crippen MR) is 105 cm³/mol. The van der Waals surface area contributed by atoms with E-state index in [0.29, 0.717) is 19.6 Å². The Morgan fingerprint density at radius 3 is 1.21 bits per heavy atom. The lowest BCUT2D eigenvalue weighted by Crippen LogP contribution is -2.24. The molecule has 3 aromatic rings. The monoisotopic (exact) mass is 380 g/mol. The van der Waals surface area contributed by atoms with Crippen molar-refractivity contribution in [2.45, 2.75) is 19.6 Å². The van der Waals surface area contributed by atoms with Gasteiger partial charge in [-0.1, -0.05) is 0 Å². The number of pyridine rings is 3. The van der Waals surface area contributed by atoms with Gasteiger partial charge in [-0.15, -0.1) is 0 Å². The van der Waals surface area contributed by atoms with Crippen LogP contribution in [0.5, 0.6) is 17.2 Å². The average molecular weight is 380 g/mol. The van der Waals surface area contributed by atoms with Crippen LogP contribution in [0.25, 0.3) is 0 Å². The zero-order valence-corrected chi connectivity index (χ0v) is 16.3. The van der Waals surface area contributed by atoms with Gasteiger partial charge < -0.3 is 14.2 Å². The molecule has 0 bridgehead atoms. The molecule has 0 atom stereocenters. The third-order valence-electron chi connectivity index (χ3n) is 4.23. The number of rotatable bonds is 9. The third kappa shape index (κ3) is 5.40. The Labute approximate surface area is 164 Å². The van der Waals surface area contributed by atoms with Gasteiger partial charge in [0.1, 0.15) is 17.2 Å². The fourth-order valence-corrected chi connectivity index (χ4v) is 2.86. The Morgan fingerprint density at radius 2 is 0.929 bits per heavy atom. The molecule has 0 aliphatic heterocycles. The molecule has 7 heteroatoms. The van der Waals surface area contributed by atoms with Crippen LogP contribution in [0.4, 0.5) is 0 Å². The molecule has 3 heterocycles. The second kappa shape index (κ2) is 9.66. The van der Waals surface area contributed by atoms with Gasteiger partial charge in [0.2, 0.25) is 0 Å². The van der Waals surface area contributed by atoms with Gasteiger partial charge in [0.05, 0.1) is 38.4 Å². The zero-order valence-electron chi connectivity index (χ0n) is 16.3. The minimum absolute atomic E-state index is 0.620. The summed E-state index contributed by atoms with van der Waals surface area (Å²) in [6.45, 7) is 1.86. The van der Waals surface area contributed by atoms with Crippen molar-refractivity contribution < 1.29 is 14.2 Å². The Kier molecular flexibility index (Phi) is 6.75. The summed E-state index contributed by atoms with van der Waals surface area (Å²) in [6.07, 6.45) is 5.25. The molecule has 28 heavy (non-hydrogen) atoms. The predicted octanol–water partition coefficient (Wildman–Crippen LogP) is 3.10. The van der Waals surface area contributed by atoms with Crippen LogP contribution in [0.15, 0.2) is 55.0 Å². The Balaban J connectivity index is 1.83. The van der Waals surface area contributed by atoms with Gasteiger partial charge in [-0.2, -0.15) is 0 Å². The molecule has 146 valence electrons. The van der Waals surface area contributed by atoms with Crippen LogP contribution in [0.2, 0.25) is 0 Å². The van der Waals surface area contributed by atoms with Crippen LogP contribution in [-0.2, 0) is 19.6 Å². The second-order valence-corrected chi connectivity index (χ2v) is 6.21. The number of ether oxygens (including phenoxy) is 3. The minimum atomic E-state index is 0.620. The van der Waals surface area contributed by atoms with Crippen molar-refractivity contribution in [1.82, 2.24) is 19.9 Å². The fourth-order valence-electron chi connectivity index (χ4n) is 2.86. The zero-order chi connectivity index (χ0) is 19.8. The van der Waals surface area contributed by atoms with E-state index in [9.17, 15) is 0 Å². The van der Waals surface area contributed by atoms with Crippen molar-refractivity contribution in [3.05, 3.63) is 72.1 Å². The lowest BCUT2D eigenvalue weighted by molar-refractivity contribution is 0.237. The Bertz CT molecular complexity index is 786. The molecule has 0 saturated heterocycles. The maximum atomic E-state index is 5.32. The summed E-state index contributed by atoms with van der Waals surface area (Å²) >= 11 is 0. The summed E-state index contributed by atoms with van der Waals surface area (Å²) < 4.78 is 16.0. The van der Waals surface area contributed by atoms with Gasteiger partial charge in [-0.3, -0.25) is 19.9 Å². The molecule has 3 aromatic heterocycles. The molecular weight excluding hydrogens is 356 g/mol. The summed E-state index contributed by atoms with van der Waals surface area (Å²) in [5.74, 6) is 2.34. The molecule has 7 nitrogen and oxygen atoms in total. The Hall–Kier alpha value is -3.19. The highest BCUT2D eigenvalue weighted by Gasteiger charge is 2.13. The third-order valence-corrected chi connectivity index (χ3v) is 4.23. The van der Waals surface area contributed by atoms with Crippen molar-refractivity contribution in [2.24, 2.45) is 0 Å². The van der Waals surface area contributed by atoms with Gasteiger partial charge >= 0.3 is 0 Å². The van der Waals surface area contributed by atoms with Crippen LogP contribution in [-0.4, -0.2) is 41.2 Å². The van der Waals surface area contributed by atoms with E-state index in [2.05, 4.69) is 19.9 Å². The van der Waals surface area contributed by atoms with E-state index in [0.717, 1.165) is 34.3 Å². The number of methoxy groups -OCH3 is 3. The molecule has 0 saturated carbocycles. The van der Waals surface area contributed by atoms with Crippen LogP contribution < -0.4 is 14.2 Å². The van der Waals surface area contributed by atoms with E-state index in [4.69, 9.17) is 14.2 Å². The molecule has 0 amide bonds. The number of nitrogens with zero attached hydrogens (tertiary/aromatic N) is 4. The van der Waals surface area contributed by atoms with Gasteiger partial charge in [0.15, 0.2) is 0 Å². The summed E-state index contributed by atoms with van der Waals surface area (Å²) in [7, 11) is 4.95. The van der Waals surface area contributed by atoms with Crippen LogP contribution in [0, 0.1) is 0 Å². The maximum Gasteiger partial charge on any atom is 0.122 e. The van der Waals surface area contributed by atoms with E-state index >= 15 is 0 Å². The first kappa shape index (κ1) is 19.6. The Morgan fingerprint density at radius 1 is 0.607 bits per heavy atom. The molecule has 0 unspecified atom stereocenters. The van der Waals surface area contributed by atoms with Gasteiger partial charge in [0.25, 0.3) is 0 Å². The number of hydrogen-bond donors (Lipinski definition) is 0. The van der Waals surface area contributed by atoms with Crippen molar-refractivity contribution in [2.75, 3.05) is 21.3 Å². The van der Waals surface area contributed by atoms with E-state index in [-0.39, 0.29) is 0 Å². The normalized spacial score (nSPS) is 10.7. The molecular formula is C21H24N4O3. The van der Waals surface area contributed by atoms with Crippen LogP contribution in [0.3, 0.4) is 0 Å². The molecule has 0 aliphatic carbocycles. The summed E-state index contributed by atoms with van der Waals surface area (Å²) in [5, 5.41) is 0. The molecule has 0 aromatic carbocycles. The highest BCUT2D eigenvalue weighted by Crippen LogP contribution is 2.18. The van der Waals surface area contributed by atoms with E-state index < -0.39 is 0 Å². The standard InChI is InChI=1S/C21H24N4O3/c1-26-19-4-7-22-16(10-19)13-25(14-17-11-20(27-2)5-8-23-17)15-18-12-21(28-3)6-9-24-18/h4-12H,13-15H2,1-3H3. The molecule has 3 rings (SSSR count). The summed E-state index contributed by atoms with van der Waals surface area (Å²) in [4.78, 5) is 15.6. The average Bonchev–Trinajstić information content (AvgIpc) is 2.74. The molecule has 0 N–H and O–H groups in total. The van der Waals surface area contributed by atoms with E-state index in [1.165, 1.54) is 0 Å². The largest absolute Gasteiger partial charge is 0.497 e. The molecule has 0 spiro atoms. The quantitative estimate of drug-likeness (QED) is 0.565. The highest BCUT2D eigenvalue weighted by atomic mass is 16.5. The molecule has 0 fully saturated rings. The van der Waals surface area contributed by atoms with Crippen molar-refractivity contribution in [1.29, 1.82) is 0 Å². The smallest absolute Gasteiger partial charge is 0.122 e. The fraction of sp³-hybridized carbons (Fsp3) is 0.286. The van der Waals surface area contributed by atoms with E-state index in [1.54, 1.807) is 39.9 Å². The van der Waals surface area contributed by atoms with Crippen LogP contribution in [0.1, 0.15) is 17.1 Å². The van der Waals surface area contributed by atoms with Gasteiger partial charge in [0, 0.05) is 56.4 Å². The first-order valence-electron chi connectivity index (χ1n) is 8.89. The summed E-state index contributed by atoms with van der Waals surface area (Å²) in [6, 6.07) is 11.3. The second-order valence-electron chi connectivity index (χ2n) is 6.21. The number of hydrogen-bond acceptors (Lipinski definition) is 7. The topological polar surface area (TPSA) is 69.6 Å².